The van der Waals surface area contributed by atoms with E-state index >= 15 is 0 Å². The van der Waals surface area contributed by atoms with Crippen molar-refractivity contribution in [1.29, 1.82) is 0 Å². The highest BCUT2D eigenvalue weighted by Gasteiger charge is 2.15. The van der Waals surface area contributed by atoms with E-state index in [-0.39, 0.29) is 0 Å². The highest BCUT2D eigenvalue weighted by molar-refractivity contribution is 7.14. The third-order valence-electron chi connectivity index (χ3n) is 1.96. The van der Waals surface area contributed by atoms with Crippen molar-refractivity contribution in [2.24, 2.45) is 0 Å². The summed E-state index contributed by atoms with van der Waals surface area (Å²) in [6, 6.07) is 0. The lowest BCUT2D eigenvalue weighted by atomic mass is 10.3. The van der Waals surface area contributed by atoms with Gasteiger partial charge in [0.25, 0.3) is 5.89 Å². The van der Waals surface area contributed by atoms with Gasteiger partial charge in [0, 0.05) is 0 Å². The second-order valence-electron chi connectivity index (χ2n) is 3.13. The molecule has 80 valence electrons. The molecule has 2 aromatic heterocycles. The van der Waals surface area contributed by atoms with Crippen LogP contribution in [0.3, 0.4) is 0 Å². The average molecular weight is 225 g/mol. The Morgan fingerprint density at radius 3 is 3.00 bits per heavy atom. The third kappa shape index (κ3) is 2.05. The molecule has 15 heavy (non-hydrogen) atoms. The summed E-state index contributed by atoms with van der Waals surface area (Å²) in [4.78, 5) is 9.03. The third-order valence-corrected chi connectivity index (χ3v) is 2.86. The van der Waals surface area contributed by atoms with Crippen LogP contribution < -0.4 is 0 Å². The number of aromatic nitrogens is 3. The predicted octanol–water partition coefficient (Wildman–Crippen LogP) is 1.94. The number of aliphatic hydroxyl groups excluding tert-OH is 1. The largest absolute Gasteiger partial charge is 0.385 e. The Bertz CT molecular complexity index is 452. The van der Waals surface area contributed by atoms with E-state index in [4.69, 9.17) is 4.52 Å². The lowest BCUT2D eigenvalue weighted by Gasteiger charge is -1.97. The molecule has 0 saturated heterocycles. The van der Waals surface area contributed by atoms with Crippen LogP contribution in [-0.4, -0.2) is 20.2 Å². The van der Waals surface area contributed by atoms with E-state index in [9.17, 15) is 5.11 Å². The molecular formula is C9H11N3O2S. The van der Waals surface area contributed by atoms with E-state index < -0.39 is 6.10 Å². The Labute approximate surface area is 90.8 Å². The quantitative estimate of drug-likeness (QED) is 0.864. The lowest BCUT2D eigenvalue weighted by molar-refractivity contribution is 0.159. The van der Waals surface area contributed by atoms with Crippen molar-refractivity contribution >= 4 is 11.3 Å². The van der Waals surface area contributed by atoms with Crippen LogP contribution in [0.5, 0.6) is 0 Å². The summed E-state index contributed by atoms with van der Waals surface area (Å²) in [6.45, 7) is 3.77. The van der Waals surface area contributed by atoms with Gasteiger partial charge in [-0.25, -0.2) is 4.98 Å². The van der Waals surface area contributed by atoms with Crippen molar-refractivity contribution in [3.8, 4) is 10.8 Å². The minimum absolute atomic E-state index is 0.332. The number of hydrogen-bond donors (Lipinski definition) is 1. The molecule has 2 aromatic rings. The molecule has 0 aliphatic carbocycles. The van der Waals surface area contributed by atoms with Crippen molar-refractivity contribution < 1.29 is 9.63 Å². The van der Waals surface area contributed by atoms with Crippen molar-refractivity contribution in [2.75, 3.05) is 0 Å². The SMILES string of the molecule is CCC(O)c1noc(-c2cnc(C)s2)n1. The van der Waals surface area contributed by atoms with Gasteiger partial charge in [0.15, 0.2) is 0 Å². The average Bonchev–Trinajstić information content (AvgIpc) is 2.84. The fraction of sp³-hybridized carbons (Fsp3) is 0.444. The molecule has 0 aromatic carbocycles. The van der Waals surface area contributed by atoms with Crippen LogP contribution in [0, 0.1) is 6.92 Å². The van der Waals surface area contributed by atoms with Crippen molar-refractivity contribution in [2.45, 2.75) is 26.4 Å². The molecule has 0 fully saturated rings. The van der Waals surface area contributed by atoms with Gasteiger partial charge in [-0.1, -0.05) is 12.1 Å². The van der Waals surface area contributed by atoms with Crippen LogP contribution in [0.4, 0.5) is 0 Å². The summed E-state index contributed by atoms with van der Waals surface area (Å²) in [7, 11) is 0. The van der Waals surface area contributed by atoms with Gasteiger partial charge in [0.05, 0.1) is 11.2 Å². The van der Waals surface area contributed by atoms with E-state index in [1.807, 2.05) is 13.8 Å². The molecule has 1 atom stereocenters. The maximum atomic E-state index is 9.50. The van der Waals surface area contributed by atoms with Gasteiger partial charge in [-0.3, -0.25) is 0 Å². The van der Waals surface area contributed by atoms with Gasteiger partial charge in [-0.2, -0.15) is 4.98 Å². The number of hydrogen-bond acceptors (Lipinski definition) is 6. The summed E-state index contributed by atoms with van der Waals surface area (Å²) < 4.78 is 5.04. The van der Waals surface area contributed by atoms with Crippen molar-refractivity contribution in [1.82, 2.24) is 15.1 Å². The number of aliphatic hydroxyl groups is 1. The van der Waals surface area contributed by atoms with E-state index in [0.717, 1.165) is 9.88 Å². The highest BCUT2D eigenvalue weighted by Crippen LogP contribution is 2.25. The Morgan fingerprint density at radius 1 is 1.60 bits per heavy atom. The van der Waals surface area contributed by atoms with Crippen LogP contribution in [0.15, 0.2) is 10.7 Å². The molecule has 1 unspecified atom stereocenters. The van der Waals surface area contributed by atoms with Gasteiger partial charge in [-0.15, -0.1) is 11.3 Å². The first-order chi connectivity index (χ1) is 7.20. The van der Waals surface area contributed by atoms with Crippen LogP contribution >= 0.6 is 11.3 Å². The van der Waals surface area contributed by atoms with Crippen LogP contribution in [0.1, 0.15) is 30.3 Å². The second kappa shape index (κ2) is 4.08. The topological polar surface area (TPSA) is 72.0 Å². The molecule has 0 aliphatic rings. The first-order valence-corrected chi connectivity index (χ1v) is 5.46. The fourth-order valence-electron chi connectivity index (χ4n) is 1.11. The van der Waals surface area contributed by atoms with Gasteiger partial charge in [-0.05, 0) is 13.3 Å². The zero-order valence-electron chi connectivity index (χ0n) is 8.47. The van der Waals surface area contributed by atoms with Gasteiger partial charge < -0.3 is 9.63 Å². The summed E-state index contributed by atoms with van der Waals surface area (Å²) in [5.41, 5.74) is 0. The molecule has 2 rings (SSSR count). The molecule has 0 saturated carbocycles. The first-order valence-electron chi connectivity index (χ1n) is 4.65. The standard InChI is InChI=1S/C9H11N3O2S/c1-3-6(13)8-11-9(14-12-8)7-4-10-5(2)15-7/h4,6,13H,3H2,1-2H3. The number of nitrogens with zero attached hydrogens (tertiary/aromatic N) is 3. The monoisotopic (exact) mass is 225 g/mol. The molecule has 5 nitrogen and oxygen atoms in total. The number of aryl methyl sites for hydroxylation is 1. The number of thiazole rings is 1. The molecule has 0 spiro atoms. The molecular weight excluding hydrogens is 214 g/mol. The fourth-order valence-corrected chi connectivity index (χ4v) is 1.81. The molecule has 0 radical (unpaired) electrons. The zero-order chi connectivity index (χ0) is 10.8. The molecule has 0 amide bonds. The minimum Gasteiger partial charge on any atom is -0.385 e. The Balaban J connectivity index is 2.27. The summed E-state index contributed by atoms with van der Waals surface area (Å²) in [5.74, 6) is 0.752. The number of rotatable bonds is 3. The maximum absolute atomic E-state index is 9.50. The van der Waals surface area contributed by atoms with E-state index in [1.54, 1.807) is 6.20 Å². The van der Waals surface area contributed by atoms with E-state index in [1.165, 1.54) is 11.3 Å². The van der Waals surface area contributed by atoms with Gasteiger partial charge in [0.2, 0.25) is 5.82 Å². The van der Waals surface area contributed by atoms with E-state index in [2.05, 4.69) is 15.1 Å². The molecule has 1 N–H and O–H groups in total. The van der Waals surface area contributed by atoms with E-state index in [0.29, 0.717) is 18.1 Å². The first kappa shape index (κ1) is 10.3. The zero-order valence-corrected chi connectivity index (χ0v) is 9.28. The van der Waals surface area contributed by atoms with Crippen LogP contribution in [-0.2, 0) is 0 Å². The maximum Gasteiger partial charge on any atom is 0.269 e. The molecule has 2 heterocycles. The minimum atomic E-state index is -0.656. The normalized spacial score (nSPS) is 13.0. The van der Waals surface area contributed by atoms with Crippen molar-refractivity contribution in [3.63, 3.8) is 0 Å². The summed E-state index contributed by atoms with van der Waals surface area (Å²) in [5, 5.41) is 14.2. The van der Waals surface area contributed by atoms with Gasteiger partial charge in [0.1, 0.15) is 11.0 Å². The van der Waals surface area contributed by atoms with Crippen molar-refractivity contribution in [3.05, 3.63) is 17.0 Å². The Hall–Kier alpha value is -1.27. The molecule has 0 bridgehead atoms. The second-order valence-corrected chi connectivity index (χ2v) is 4.36. The predicted molar refractivity (Wildman–Crippen MR) is 55.4 cm³/mol. The smallest absolute Gasteiger partial charge is 0.269 e. The van der Waals surface area contributed by atoms with Crippen LogP contribution in [0.2, 0.25) is 0 Å². The summed E-state index contributed by atoms with van der Waals surface area (Å²) in [6.07, 6.45) is 1.60. The van der Waals surface area contributed by atoms with Gasteiger partial charge >= 0.3 is 0 Å². The molecule has 0 aliphatic heterocycles. The summed E-state index contributed by atoms with van der Waals surface area (Å²) >= 11 is 1.48. The van der Waals surface area contributed by atoms with Crippen LogP contribution in [0.25, 0.3) is 10.8 Å². The lowest BCUT2D eigenvalue weighted by Crippen LogP contribution is -1.97. The highest BCUT2D eigenvalue weighted by atomic mass is 32.1. The Kier molecular flexibility index (Phi) is 2.79. The Morgan fingerprint density at radius 2 is 2.40 bits per heavy atom. The molecule has 6 heteroatoms.